The molecule has 0 atom stereocenters. The highest BCUT2D eigenvalue weighted by Gasteiger charge is 2.34. The summed E-state index contributed by atoms with van der Waals surface area (Å²) < 4.78 is 0. The van der Waals surface area contributed by atoms with Crippen molar-refractivity contribution >= 4 is 27.1 Å². The molecule has 46 heavy (non-hydrogen) atoms. The molecule has 0 bridgehead atoms. The minimum Gasteiger partial charge on any atom is -0.308 e. The molecule has 4 nitrogen and oxygen atoms in total. The molecule has 0 N–H and O–H groups in total. The maximum absolute atomic E-state index is 5.19. The van der Waals surface area contributed by atoms with Gasteiger partial charge >= 0.3 is 0 Å². The lowest BCUT2D eigenvalue weighted by atomic mass is 9.99. The third-order valence-electron chi connectivity index (χ3n) is 8.60. The quantitative estimate of drug-likeness (QED) is 0.194. The van der Waals surface area contributed by atoms with Gasteiger partial charge in [0.05, 0.1) is 17.1 Å². The van der Waals surface area contributed by atoms with Crippen LogP contribution in [0.15, 0.2) is 168 Å². The smallest absolute Gasteiger partial charge is 0.166 e. The first-order chi connectivity index (χ1) is 22.6. The van der Waals surface area contributed by atoms with Gasteiger partial charge in [0.15, 0.2) is 17.5 Å². The number of hydrogen-bond acceptors (Lipinski definition) is 4. The predicted octanol–water partition coefficient (Wildman–Crippen LogP) is 10.8. The van der Waals surface area contributed by atoms with Crippen LogP contribution in [0.5, 0.6) is 0 Å². The molecule has 7 aromatic rings. The van der Waals surface area contributed by atoms with Gasteiger partial charge in [-0.15, -0.1) is 0 Å². The summed E-state index contributed by atoms with van der Waals surface area (Å²) in [6, 6.07) is 55.2. The van der Waals surface area contributed by atoms with Crippen molar-refractivity contribution < 1.29 is 0 Å². The third kappa shape index (κ3) is 4.86. The Balaban J connectivity index is 1.43. The average molecular weight is 613 g/mol. The zero-order valence-electron chi connectivity index (χ0n) is 25.7. The van der Waals surface area contributed by atoms with E-state index in [-0.39, 0.29) is 0 Å². The van der Waals surface area contributed by atoms with E-state index in [2.05, 4.69) is 139 Å². The molecule has 0 unspecified atom stereocenters. The minimum absolute atomic E-state index is 0.632. The number of para-hydroxylation sites is 2. The lowest BCUT2D eigenvalue weighted by Crippen LogP contribution is -2.20. The van der Waals surface area contributed by atoms with Crippen LogP contribution in [0.25, 0.3) is 45.3 Å². The van der Waals surface area contributed by atoms with Gasteiger partial charge in [0.25, 0.3) is 0 Å². The minimum atomic E-state index is -1.24. The highest BCUT2D eigenvalue weighted by molar-refractivity contribution is 8.33. The van der Waals surface area contributed by atoms with Crippen LogP contribution >= 0.6 is 10.0 Å². The fraction of sp³-hybridized carbons (Fsp3) is 0.0488. The summed E-state index contributed by atoms with van der Waals surface area (Å²) >= 11 is 0. The molecule has 5 heteroatoms. The van der Waals surface area contributed by atoms with E-state index in [0.29, 0.717) is 17.5 Å². The van der Waals surface area contributed by atoms with Gasteiger partial charge in [-0.2, -0.15) is 10.0 Å². The van der Waals surface area contributed by atoms with Gasteiger partial charge in [-0.3, -0.25) is 0 Å². The topological polar surface area (TPSA) is 41.9 Å². The predicted molar refractivity (Wildman–Crippen MR) is 192 cm³/mol. The lowest BCUT2D eigenvalue weighted by molar-refractivity contribution is 1.07. The molecular formula is C41H32N4S. The molecule has 0 amide bonds. The summed E-state index contributed by atoms with van der Waals surface area (Å²) in [5, 5.41) is 0. The summed E-state index contributed by atoms with van der Waals surface area (Å²) in [5.41, 5.74) is 8.49. The molecule has 0 radical (unpaired) electrons. The van der Waals surface area contributed by atoms with Gasteiger partial charge in [0, 0.05) is 26.5 Å². The molecule has 0 saturated heterocycles. The zero-order valence-corrected chi connectivity index (χ0v) is 26.5. The second kappa shape index (κ2) is 11.4. The van der Waals surface area contributed by atoms with E-state index in [1.165, 1.54) is 21.2 Å². The van der Waals surface area contributed by atoms with E-state index in [9.17, 15) is 0 Å². The normalized spacial score (nSPS) is 13.8. The summed E-state index contributed by atoms with van der Waals surface area (Å²) in [6.07, 6.45) is 4.79. The van der Waals surface area contributed by atoms with E-state index < -0.39 is 10.0 Å². The number of rotatable bonds is 5. The van der Waals surface area contributed by atoms with Crippen molar-refractivity contribution in [2.24, 2.45) is 0 Å². The first kappa shape index (κ1) is 28.0. The van der Waals surface area contributed by atoms with E-state index in [0.717, 1.165) is 33.5 Å². The molecule has 8 rings (SSSR count). The van der Waals surface area contributed by atoms with Gasteiger partial charge < -0.3 is 4.90 Å². The Hall–Kier alpha value is -5.52. The Morgan fingerprint density at radius 1 is 0.391 bits per heavy atom. The Labute approximate surface area is 271 Å². The number of anilines is 3. The molecule has 222 valence electrons. The molecule has 1 aliphatic heterocycles. The fourth-order valence-electron chi connectivity index (χ4n) is 6.30. The summed E-state index contributed by atoms with van der Waals surface area (Å²) in [7, 11) is -1.24. The van der Waals surface area contributed by atoms with Crippen LogP contribution < -0.4 is 4.90 Å². The highest BCUT2D eigenvalue weighted by atomic mass is 32.3. The molecule has 2 heterocycles. The van der Waals surface area contributed by atoms with Crippen LogP contribution in [0.1, 0.15) is 0 Å². The number of benzene rings is 6. The summed E-state index contributed by atoms with van der Waals surface area (Å²) in [5.74, 6) is 1.92. The van der Waals surface area contributed by atoms with Gasteiger partial charge in [0.1, 0.15) is 0 Å². The first-order valence-corrected chi connectivity index (χ1v) is 17.8. The molecule has 0 fully saturated rings. The molecule has 0 saturated carbocycles. The maximum atomic E-state index is 5.19. The van der Waals surface area contributed by atoms with Crippen LogP contribution in [0, 0.1) is 0 Å². The van der Waals surface area contributed by atoms with Crippen molar-refractivity contribution in [3.63, 3.8) is 0 Å². The first-order valence-electron chi connectivity index (χ1n) is 15.4. The number of hydrogen-bond donors (Lipinski definition) is 0. The van der Waals surface area contributed by atoms with E-state index >= 15 is 0 Å². The molecule has 6 aromatic carbocycles. The average Bonchev–Trinajstić information content (AvgIpc) is 3.13. The second-order valence-corrected chi connectivity index (χ2v) is 15.3. The number of aromatic nitrogens is 3. The highest BCUT2D eigenvalue weighted by Crippen LogP contribution is 2.67. The Morgan fingerprint density at radius 2 is 0.826 bits per heavy atom. The van der Waals surface area contributed by atoms with Crippen molar-refractivity contribution in [3.05, 3.63) is 158 Å². The molecule has 1 aliphatic rings. The van der Waals surface area contributed by atoms with E-state index in [1.54, 1.807) is 0 Å². The van der Waals surface area contributed by atoms with Crippen LogP contribution in [0.4, 0.5) is 17.1 Å². The fourth-order valence-corrected chi connectivity index (χ4v) is 8.74. The van der Waals surface area contributed by atoms with Gasteiger partial charge in [-0.25, -0.2) is 15.0 Å². The number of nitrogens with zero attached hydrogens (tertiary/aromatic N) is 4. The van der Waals surface area contributed by atoms with Crippen LogP contribution in [0.3, 0.4) is 0 Å². The maximum Gasteiger partial charge on any atom is 0.166 e. The Bertz CT molecular complexity index is 2070. The molecule has 0 aliphatic carbocycles. The van der Waals surface area contributed by atoms with Gasteiger partial charge in [0.2, 0.25) is 0 Å². The summed E-state index contributed by atoms with van der Waals surface area (Å²) in [6.45, 7) is 0. The van der Waals surface area contributed by atoms with Crippen molar-refractivity contribution in [3.8, 4) is 45.3 Å². The largest absolute Gasteiger partial charge is 0.308 e. The Morgan fingerprint density at radius 3 is 1.35 bits per heavy atom. The number of fused-ring (bicyclic) bond motifs is 2. The van der Waals surface area contributed by atoms with Crippen molar-refractivity contribution in [2.45, 2.75) is 9.79 Å². The van der Waals surface area contributed by atoms with Gasteiger partial charge in [-0.05, 0) is 60.0 Å². The molecule has 0 spiro atoms. The Kier molecular flexibility index (Phi) is 6.96. The van der Waals surface area contributed by atoms with Crippen LogP contribution in [-0.4, -0.2) is 27.5 Å². The lowest BCUT2D eigenvalue weighted by Gasteiger charge is -2.45. The SMILES string of the molecule is CS1(C)c2ccccc2N(c2ccc(-c3ccccc3)cc2-c2nc(-c3ccccc3)nc(-c3ccccc3)n2)c2ccccc21. The standard InChI is InChI=1S/C41H32N4S/c1-46(2)37-24-14-12-22-35(37)45(36-23-13-15-25-38(36)46)34-27-26-32(29-16-6-3-7-17-29)28-33(34)41-43-39(30-18-8-4-9-19-30)42-40(44-41)31-20-10-5-11-21-31/h3-28H,1-2H3. The molecule has 1 aromatic heterocycles. The van der Waals surface area contributed by atoms with E-state index in [4.69, 9.17) is 15.0 Å². The van der Waals surface area contributed by atoms with Crippen molar-refractivity contribution in [1.82, 2.24) is 15.0 Å². The second-order valence-electron chi connectivity index (χ2n) is 11.7. The van der Waals surface area contributed by atoms with E-state index in [1.807, 2.05) is 36.4 Å². The summed E-state index contributed by atoms with van der Waals surface area (Å²) in [4.78, 5) is 20.5. The van der Waals surface area contributed by atoms with Crippen LogP contribution in [-0.2, 0) is 0 Å². The van der Waals surface area contributed by atoms with Crippen molar-refractivity contribution in [2.75, 3.05) is 17.4 Å². The third-order valence-corrected chi connectivity index (χ3v) is 11.5. The monoisotopic (exact) mass is 612 g/mol. The van der Waals surface area contributed by atoms with Crippen molar-refractivity contribution in [1.29, 1.82) is 0 Å². The zero-order chi connectivity index (χ0) is 31.1. The van der Waals surface area contributed by atoms with Gasteiger partial charge in [-0.1, -0.05) is 121 Å². The molecular weight excluding hydrogens is 581 g/mol. The van der Waals surface area contributed by atoms with Crippen LogP contribution in [0.2, 0.25) is 0 Å².